The van der Waals surface area contributed by atoms with Crippen LogP contribution in [0.25, 0.3) is 5.82 Å². The van der Waals surface area contributed by atoms with Crippen molar-refractivity contribution in [3.05, 3.63) is 83.2 Å². The van der Waals surface area contributed by atoms with E-state index in [-0.39, 0.29) is 9.92 Å². The van der Waals surface area contributed by atoms with Gasteiger partial charge < -0.3 is 4.74 Å². The van der Waals surface area contributed by atoms with E-state index in [4.69, 9.17) is 16.3 Å². The Hall–Kier alpha value is -3.50. The summed E-state index contributed by atoms with van der Waals surface area (Å²) >= 11 is 5.68. The third-order valence-corrected chi connectivity index (χ3v) is 6.05. The molecular formula is C21H17ClFN5O3S. The summed E-state index contributed by atoms with van der Waals surface area (Å²) in [4.78, 5) is 8.17. The number of hydrogen-bond acceptors (Lipinski definition) is 6. The smallest absolute Gasteiger partial charge is 0.261 e. The summed E-state index contributed by atoms with van der Waals surface area (Å²) in [6.45, 7) is 3.81. The van der Waals surface area contributed by atoms with Crippen LogP contribution in [0.4, 0.5) is 10.1 Å². The first kappa shape index (κ1) is 21.7. The van der Waals surface area contributed by atoms with Gasteiger partial charge in [0.1, 0.15) is 17.9 Å². The largest absolute Gasteiger partial charge is 0.439 e. The maximum atomic E-state index is 13.3. The van der Waals surface area contributed by atoms with Gasteiger partial charge in [0.25, 0.3) is 10.0 Å². The molecule has 0 amide bonds. The van der Waals surface area contributed by atoms with Crippen molar-refractivity contribution in [3.8, 4) is 17.4 Å². The molecule has 32 heavy (non-hydrogen) atoms. The monoisotopic (exact) mass is 473 g/mol. The van der Waals surface area contributed by atoms with Crippen LogP contribution in [-0.2, 0) is 10.0 Å². The van der Waals surface area contributed by atoms with Gasteiger partial charge in [-0.25, -0.2) is 27.5 Å². The molecule has 164 valence electrons. The number of halogens is 2. The lowest BCUT2D eigenvalue weighted by Gasteiger charge is -2.10. The zero-order valence-corrected chi connectivity index (χ0v) is 18.5. The second-order valence-electron chi connectivity index (χ2n) is 6.86. The van der Waals surface area contributed by atoms with Gasteiger partial charge in [-0.3, -0.25) is 4.72 Å². The number of aromatic nitrogens is 4. The Morgan fingerprint density at radius 3 is 2.44 bits per heavy atom. The van der Waals surface area contributed by atoms with Gasteiger partial charge in [0.2, 0.25) is 5.88 Å². The molecule has 0 saturated carbocycles. The highest BCUT2D eigenvalue weighted by molar-refractivity contribution is 7.92. The van der Waals surface area contributed by atoms with Crippen LogP contribution in [0.1, 0.15) is 11.4 Å². The first-order valence-corrected chi connectivity index (χ1v) is 11.2. The summed E-state index contributed by atoms with van der Waals surface area (Å²) in [6, 6.07) is 13.0. The van der Waals surface area contributed by atoms with Gasteiger partial charge in [-0.15, -0.1) is 0 Å². The Labute approximate surface area is 188 Å². The normalized spacial score (nSPS) is 11.4. The Morgan fingerprint density at radius 2 is 1.78 bits per heavy atom. The number of aryl methyl sites for hydroxylation is 2. The van der Waals surface area contributed by atoms with Crippen LogP contribution in [0.2, 0.25) is 5.02 Å². The molecule has 4 rings (SSSR count). The van der Waals surface area contributed by atoms with Crippen molar-refractivity contribution < 1.29 is 17.5 Å². The van der Waals surface area contributed by atoms with Crippen molar-refractivity contribution >= 4 is 27.3 Å². The summed E-state index contributed by atoms with van der Waals surface area (Å²) in [7, 11) is -3.93. The van der Waals surface area contributed by atoms with Crippen molar-refractivity contribution in [2.75, 3.05) is 4.72 Å². The second kappa shape index (κ2) is 8.56. The van der Waals surface area contributed by atoms with E-state index in [2.05, 4.69) is 19.8 Å². The minimum Gasteiger partial charge on any atom is -0.439 e. The highest BCUT2D eigenvalue weighted by Crippen LogP contribution is 2.25. The van der Waals surface area contributed by atoms with E-state index in [0.29, 0.717) is 23.1 Å². The van der Waals surface area contributed by atoms with E-state index >= 15 is 0 Å². The molecule has 0 atom stereocenters. The van der Waals surface area contributed by atoms with Gasteiger partial charge in [0.05, 0.1) is 15.6 Å². The van der Waals surface area contributed by atoms with Crippen molar-refractivity contribution in [2.45, 2.75) is 18.7 Å². The molecular weight excluding hydrogens is 457 g/mol. The first-order chi connectivity index (χ1) is 15.2. The number of nitrogens with zero attached hydrogens (tertiary/aromatic N) is 4. The maximum absolute atomic E-state index is 13.3. The average Bonchev–Trinajstić information content (AvgIpc) is 3.09. The van der Waals surface area contributed by atoms with E-state index in [0.717, 1.165) is 29.6 Å². The zero-order valence-electron chi connectivity index (χ0n) is 17.0. The minimum atomic E-state index is -3.93. The molecule has 0 aliphatic heterocycles. The van der Waals surface area contributed by atoms with Crippen molar-refractivity contribution in [3.63, 3.8) is 0 Å². The topological polar surface area (TPSA) is 99.0 Å². The molecule has 4 aromatic rings. The average molecular weight is 474 g/mol. The Bertz CT molecular complexity index is 1390. The summed E-state index contributed by atoms with van der Waals surface area (Å²) in [5.41, 5.74) is 2.08. The minimum absolute atomic E-state index is 0.151. The van der Waals surface area contributed by atoms with Gasteiger partial charge in [-0.2, -0.15) is 5.10 Å². The van der Waals surface area contributed by atoms with E-state index < -0.39 is 15.8 Å². The molecule has 0 fully saturated rings. The molecule has 0 aliphatic rings. The molecule has 0 bridgehead atoms. The third kappa shape index (κ3) is 4.71. The molecule has 0 radical (unpaired) electrons. The van der Waals surface area contributed by atoms with Crippen molar-refractivity contribution in [1.82, 2.24) is 19.7 Å². The molecule has 0 unspecified atom stereocenters. The predicted molar refractivity (Wildman–Crippen MR) is 117 cm³/mol. The lowest BCUT2D eigenvalue weighted by molar-refractivity contribution is 0.460. The molecule has 2 aromatic carbocycles. The second-order valence-corrected chi connectivity index (χ2v) is 8.95. The number of sulfonamides is 1. The fraction of sp³-hybridized carbons (Fsp3) is 0.0952. The summed E-state index contributed by atoms with van der Waals surface area (Å²) in [6.07, 6.45) is 1.37. The predicted octanol–water partition coefficient (Wildman–Crippen LogP) is 4.66. The Balaban J connectivity index is 1.49. The summed E-state index contributed by atoms with van der Waals surface area (Å²) < 4.78 is 48.1. The molecule has 11 heteroatoms. The van der Waals surface area contributed by atoms with E-state index in [1.54, 1.807) is 22.9 Å². The van der Waals surface area contributed by atoms with Crippen molar-refractivity contribution in [2.24, 2.45) is 0 Å². The molecule has 8 nitrogen and oxygen atoms in total. The zero-order chi connectivity index (χ0) is 22.9. The van der Waals surface area contributed by atoms with E-state index in [9.17, 15) is 12.8 Å². The lowest BCUT2D eigenvalue weighted by Crippen LogP contribution is -2.13. The fourth-order valence-electron chi connectivity index (χ4n) is 2.93. The quantitative estimate of drug-likeness (QED) is 0.437. The van der Waals surface area contributed by atoms with Crippen LogP contribution in [0.3, 0.4) is 0 Å². The van der Waals surface area contributed by atoms with Crippen LogP contribution >= 0.6 is 11.6 Å². The number of benzene rings is 2. The van der Waals surface area contributed by atoms with Crippen LogP contribution in [0.15, 0.2) is 65.8 Å². The van der Waals surface area contributed by atoms with Crippen LogP contribution in [0.5, 0.6) is 11.6 Å². The molecule has 0 aliphatic carbocycles. The number of rotatable bonds is 6. The molecule has 0 spiro atoms. The van der Waals surface area contributed by atoms with Gasteiger partial charge in [0, 0.05) is 17.4 Å². The Kier molecular flexibility index (Phi) is 5.81. The third-order valence-electron chi connectivity index (χ3n) is 4.38. The van der Waals surface area contributed by atoms with Gasteiger partial charge in [-0.1, -0.05) is 11.6 Å². The standard InChI is InChI=1S/C21H17ClFN5O3S/c1-13-9-14(2)28(26-13)20-11-21(25-12-24-20)31-16-5-3-15(4-6-16)27-32(29,30)17-7-8-19(23)18(22)10-17/h3-12,27H,1-2H3. The van der Waals surface area contributed by atoms with E-state index in [1.807, 2.05) is 19.9 Å². The Morgan fingerprint density at radius 1 is 1.03 bits per heavy atom. The molecule has 2 aromatic heterocycles. The van der Waals surface area contributed by atoms with Gasteiger partial charge in [0.15, 0.2) is 5.82 Å². The number of hydrogen-bond donors (Lipinski definition) is 1. The van der Waals surface area contributed by atoms with E-state index in [1.165, 1.54) is 18.5 Å². The number of nitrogens with one attached hydrogen (secondary N) is 1. The lowest BCUT2D eigenvalue weighted by atomic mass is 10.3. The molecule has 0 saturated heterocycles. The fourth-order valence-corrected chi connectivity index (χ4v) is 4.26. The SMILES string of the molecule is Cc1cc(C)n(-c2cc(Oc3ccc(NS(=O)(=O)c4ccc(F)c(Cl)c4)cc3)ncn2)n1. The van der Waals surface area contributed by atoms with Crippen LogP contribution in [0, 0.1) is 19.7 Å². The molecule has 1 N–H and O–H groups in total. The van der Waals surface area contributed by atoms with Gasteiger partial charge >= 0.3 is 0 Å². The number of ether oxygens (including phenoxy) is 1. The van der Waals surface area contributed by atoms with Crippen LogP contribution < -0.4 is 9.46 Å². The number of anilines is 1. The molecule has 2 heterocycles. The van der Waals surface area contributed by atoms with Crippen molar-refractivity contribution in [1.29, 1.82) is 0 Å². The highest BCUT2D eigenvalue weighted by atomic mass is 35.5. The summed E-state index contributed by atoms with van der Waals surface area (Å²) in [5, 5.41) is 4.11. The van der Waals surface area contributed by atoms with Crippen LogP contribution in [-0.4, -0.2) is 28.2 Å². The van der Waals surface area contributed by atoms with Gasteiger partial charge in [-0.05, 0) is 62.4 Å². The summed E-state index contributed by atoms with van der Waals surface area (Å²) in [5.74, 6) is 0.605. The first-order valence-electron chi connectivity index (χ1n) is 9.33. The maximum Gasteiger partial charge on any atom is 0.261 e. The highest BCUT2D eigenvalue weighted by Gasteiger charge is 2.16.